The molecule has 2 aliphatic rings. The van der Waals surface area contributed by atoms with Crippen LogP contribution in [0, 0.1) is 17.2 Å². The molecule has 3 heterocycles. The first-order valence-corrected chi connectivity index (χ1v) is 16.4. The quantitative estimate of drug-likeness (QED) is 0.162. The van der Waals surface area contributed by atoms with Crippen LogP contribution >= 0.6 is 0 Å². The molecule has 2 fully saturated rings. The number of carbonyl (C=O) groups excluding carboxylic acids is 2. The highest BCUT2D eigenvalue weighted by molar-refractivity contribution is 7.85. The second-order valence-electron chi connectivity index (χ2n) is 10.8. The number of benzene rings is 1. The number of aromatic nitrogens is 2. The summed E-state index contributed by atoms with van der Waals surface area (Å²) in [6.07, 6.45) is 0.0194. The van der Waals surface area contributed by atoms with Crippen LogP contribution in [0.4, 0.5) is 24.8 Å². The number of rotatable bonds is 13. The molecule has 0 unspecified atom stereocenters. The summed E-state index contributed by atoms with van der Waals surface area (Å²) >= 11 is 0. The molecular formula is C29H38F3N7O6S. The lowest BCUT2D eigenvalue weighted by Crippen LogP contribution is -2.37. The Hall–Kier alpha value is -4.01. The summed E-state index contributed by atoms with van der Waals surface area (Å²) in [5.41, 5.74) is 1.78. The van der Waals surface area contributed by atoms with Crippen molar-refractivity contribution in [3.63, 3.8) is 0 Å². The highest BCUT2D eigenvalue weighted by Gasteiger charge is 2.37. The number of amides is 2. The standard InChI is InChI=1S/C19H28F3N5O5S.C10H10N2O/c20-19(21,22)18-24-15(26-6-1-2-7-26)11-16(25-18)27-8-3-14(4-9-27)12-32-13-17(28)23-5-10-33(29,30)31;11-7-10-3-1-9(2-4-10)5-6-12-8-13/h11,14H,1-10,12-13H2,(H,23,28)(H,29,30,31);1-4,8H,5-6H2,(H,12,13). The van der Waals surface area contributed by atoms with Gasteiger partial charge in [-0.05, 0) is 55.7 Å². The van der Waals surface area contributed by atoms with Gasteiger partial charge in [-0.3, -0.25) is 14.1 Å². The SMILES string of the molecule is N#Cc1ccc(CCNC=O)cc1.O=C(COCC1CCN(c2cc(N3CCCC3)nc(C(F)(F)F)n2)CC1)NCCS(=O)(=O)O. The molecule has 17 heteroatoms. The minimum atomic E-state index is -4.63. The predicted octanol–water partition coefficient (Wildman–Crippen LogP) is 2.18. The van der Waals surface area contributed by atoms with Gasteiger partial charge in [0.25, 0.3) is 10.1 Å². The average Bonchev–Trinajstić information content (AvgIpc) is 3.56. The molecule has 2 amide bonds. The first-order chi connectivity index (χ1) is 21.9. The summed E-state index contributed by atoms with van der Waals surface area (Å²) in [5.74, 6) is -1.50. The number of ether oxygens (including phenoxy) is 1. The predicted molar refractivity (Wildman–Crippen MR) is 163 cm³/mol. The molecule has 0 atom stereocenters. The van der Waals surface area contributed by atoms with Crippen LogP contribution in [-0.4, -0.2) is 93.5 Å². The third-order valence-corrected chi connectivity index (χ3v) is 8.03. The highest BCUT2D eigenvalue weighted by Crippen LogP contribution is 2.32. The van der Waals surface area contributed by atoms with Crippen molar-refractivity contribution in [1.82, 2.24) is 20.6 Å². The van der Waals surface area contributed by atoms with E-state index in [4.69, 9.17) is 14.6 Å². The van der Waals surface area contributed by atoms with E-state index in [0.717, 1.165) is 24.8 Å². The molecule has 2 aliphatic heterocycles. The molecule has 1 aromatic heterocycles. The van der Waals surface area contributed by atoms with Crippen molar-refractivity contribution >= 4 is 34.1 Å². The van der Waals surface area contributed by atoms with Crippen LogP contribution in [0.5, 0.6) is 0 Å². The Kier molecular flexibility index (Phi) is 14.0. The van der Waals surface area contributed by atoms with Gasteiger partial charge in [-0.25, -0.2) is 9.97 Å². The van der Waals surface area contributed by atoms with Gasteiger partial charge in [0.2, 0.25) is 18.1 Å². The number of nitriles is 1. The van der Waals surface area contributed by atoms with E-state index in [0.29, 0.717) is 70.0 Å². The molecule has 2 aromatic rings. The molecule has 46 heavy (non-hydrogen) atoms. The van der Waals surface area contributed by atoms with Gasteiger partial charge in [0.15, 0.2) is 0 Å². The van der Waals surface area contributed by atoms with E-state index >= 15 is 0 Å². The van der Waals surface area contributed by atoms with E-state index in [9.17, 15) is 31.2 Å². The highest BCUT2D eigenvalue weighted by atomic mass is 32.2. The fraction of sp³-hybridized carbons (Fsp3) is 0.552. The Morgan fingerprint density at radius 3 is 2.22 bits per heavy atom. The van der Waals surface area contributed by atoms with Gasteiger partial charge in [-0.15, -0.1) is 0 Å². The molecule has 3 N–H and O–H groups in total. The lowest BCUT2D eigenvalue weighted by atomic mass is 9.98. The molecule has 252 valence electrons. The van der Waals surface area contributed by atoms with Gasteiger partial charge in [-0.2, -0.15) is 26.9 Å². The number of nitrogens with one attached hydrogen (secondary N) is 2. The van der Waals surface area contributed by atoms with E-state index in [-0.39, 0.29) is 24.9 Å². The first kappa shape index (κ1) is 36.5. The Balaban J connectivity index is 0.000000370. The summed E-state index contributed by atoms with van der Waals surface area (Å²) in [7, 11) is -4.14. The monoisotopic (exact) mass is 669 g/mol. The smallest absolute Gasteiger partial charge is 0.371 e. The zero-order chi connectivity index (χ0) is 33.6. The van der Waals surface area contributed by atoms with E-state index in [2.05, 4.69) is 20.6 Å². The molecule has 0 saturated carbocycles. The largest absolute Gasteiger partial charge is 0.451 e. The molecule has 0 bridgehead atoms. The molecule has 2 saturated heterocycles. The number of carbonyl (C=O) groups is 2. The van der Waals surface area contributed by atoms with E-state index in [1.807, 2.05) is 28.0 Å². The number of hydrogen-bond donors (Lipinski definition) is 3. The maximum atomic E-state index is 13.4. The van der Waals surface area contributed by atoms with Gasteiger partial charge in [-0.1, -0.05) is 12.1 Å². The van der Waals surface area contributed by atoms with Crippen molar-refractivity contribution in [1.29, 1.82) is 5.26 Å². The summed E-state index contributed by atoms with van der Waals surface area (Å²) in [4.78, 5) is 32.8. The van der Waals surface area contributed by atoms with Crippen molar-refractivity contribution in [3.8, 4) is 6.07 Å². The molecular weight excluding hydrogens is 631 g/mol. The van der Waals surface area contributed by atoms with Crippen LogP contribution in [0.2, 0.25) is 0 Å². The number of anilines is 2. The lowest BCUT2D eigenvalue weighted by molar-refractivity contribution is -0.144. The number of halogens is 3. The van der Waals surface area contributed by atoms with Crippen LogP contribution in [0.25, 0.3) is 0 Å². The van der Waals surface area contributed by atoms with Gasteiger partial charge in [0.05, 0.1) is 24.0 Å². The number of piperidine rings is 1. The Morgan fingerprint density at radius 1 is 1.07 bits per heavy atom. The Bertz CT molecular complexity index is 1420. The number of alkyl halides is 3. The van der Waals surface area contributed by atoms with Crippen molar-refractivity contribution < 1.29 is 40.5 Å². The normalized spacial score (nSPS) is 15.5. The maximum absolute atomic E-state index is 13.4. The number of hydrogen-bond acceptors (Lipinski definition) is 10. The zero-order valence-corrected chi connectivity index (χ0v) is 26.0. The van der Waals surface area contributed by atoms with Crippen molar-refractivity contribution in [2.75, 3.05) is 68.0 Å². The summed E-state index contributed by atoms with van der Waals surface area (Å²) < 4.78 is 75.3. The van der Waals surface area contributed by atoms with Gasteiger partial charge in [0.1, 0.15) is 18.2 Å². The molecule has 0 spiro atoms. The van der Waals surface area contributed by atoms with E-state index in [1.54, 1.807) is 18.2 Å². The molecule has 0 radical (unpaired) electrons. The minimum Gasteiger partial charge on any atom is -0.371 e. The van der Waals surface area contributed by atoms with Crippen molar-refractivity contribution in [2.45, 2.75) is 38.3 Å². The fourth-order valence-electron chi connectivity index (χ4n) is 4.86. The minimum absolute atomic E-state index is 0.133. The van der Waals surface area contributed by atoms with Gasteiger partial charge in [0, 0.05) is 45.3 Å². The summed E-state index contributed by atoms with van der Waals surface area (Å²) in [6.45, 7) is 2.84. The van der Waals surface area contributed by atoms with E-state index < -0.39 is 33.8 Å². The van der Waals surface area contributed by atoms with Crippen LogP contribution < -0.4 is 20.4 Å². The van der Waals surface area contributed by atoms with Gasteiger partial charge >= 0.3 is 6.18 Å². The average molecular weight is 670 g/mol. The first-order valence-electron chi connectivity index (χ1n) is 14.8. The number of nitrogens with zero attached hydrogens (tertiary/aromatic N) is 5. The van der Waals surface area contributed by atoms with Crippen LogP contribution in [0.15, 0.2) is 30.3 Å². The van der Waals surface area contributed by atoms with Gasteiger partial charge < -0.3 is 25.2 Å². The lowest BCUT2D eigenvalue weighted by Gasteiger charge is -2.33. The molecule has 4 rings (SSSR count). The topological polar surface area (TPSA) is 178 Å². The van der Waals surface area contributed by atoms with Crippen molar-refractivity contribution in [2.24, 2.45) is 5.92 Å². The van der Waals surface area contributed by atoms with E-state index in [1.165, 1.54) is 0 Å². The fourth-order valence-corrected chi connectivity index (χ4v) is 5.22. The van der Waals surface area contributed by atoms with Crippen LogP contribution in [0.1, 0.15) is 42.6 Å². The third-order valence-electron chi connectivity index (χ3n) is 7.31. The molecule has 13 nitrogen and oxygen atoms in total. The maximum Gasteiger partial charge on any atom is 0.451 e. The molecule has 0 aliphatic carbocycles. The Morgan fingerprint density at radius 2 is 1.67 bits per heavy atom. The van der Waals surface area contributed by atoms with Crippen molar-refractivity contribution in [3.05, 3.63) is 47.3 Å². The summed E-state index contributed by atoms with van der Waals surface area (Å²) in [6, 6.07) is 11.0. The second kappa shape index (κ2) is 17.6. The third kappa shape index (κ3) is 12.8. The zero-order valence-electron chi connectivity index (χ0n) is 25.2. The summed E-state index contributed by atoms with van der Waals surface area (Å²) in [5, 5.41) is 13.4. The second-order valence-corrected chi connectivity index (χ2v) is 12.4. The van der Waals surface area contributed by atoms with Crippen LogP contribution in [0.3, 0.4) is 0 Å². The Labute approximate surface area is 265 Å². The van der Waals surface area contributed by atoms with Crippen LogP contribution in [-0.2, 0) is 37.0 Å². The molecule has 1 aromatic carbocycles.